The summed E-state index contributed by atoms with van der Waals surface area (Å²) < 4.78 is 0. The minimum Gasteiger partial charge on any atom is -0.352 e. The topological polar surface area (TPSA) is 29.1 Å². The molecule has 0 aromatic heterocycles. The van der Waals surface area contributed by atoms with Gasteiger partial charge in [-0.15, -0.1) is 0 Å². The molecule has 0 aliphatic carbocycles. The van der Waals surface area contributed by atoms with Gasteiger partial charge in [0.25, 0.3) is 0 Å². The Hall–Kier alpha value is -1.51. The molecule has 0 unspecified atom stereocenters. The van der Waals surface area contributed by atoms with E-state index in [1.165, 1.54) is 0 Å². The Morgan fingerprint density at radius 3 is 2.37 bits per heavy atom. The fourth-order valence-electron chi connectivity index (χ4n) is 1.70. The molecule has 4 heteroatoms. The van der Waals surface area contributed by atoms with Gasteiger partial charge in [0.05, 0.1) is 6.42 Å². The van der Waals surface area contributed by atoms with Crippen LogP contribution < -0.4 is 5.32 Å². The zero-order valence-electron chi connectivity index (χ0n) is 10.2. The second-order valence-corrected chi connectivity index (χ2v) is 5.08. The van der Waals surface area contributed by atoms with E-state index in [4.69, 9.17) is 23.2 Å². The number of rotatable bonds is 4. The maximum atomic E-state index is 11.8. The lowest BCUT2D eigenvalue weighted by atomic mass is 10.1. The first-order valence-corrected chi connectivity index (χ1v) is 6.64. The molecule has 2 nitrogen and oxygen atoms in total. The predicted molar refractivity (Wildman–Crippen MR) is 78.5 cm³/mol. The number of amides is 1. The van der Waals surface area contributed by atoms with Crippen molar-refractivity contribution in [2.24, 2.45) is 0 Å². The molecule has 1 amide bonds. The van der Waals surface area contributed by atoms with Gasteiger partial charge in [-0.2, -0.15) is 0 Å². The molecule has 0 aliphatic rings. The Labute approximate surface area is 122 Å². The fourth-order valence-corrected chi connectivity index (χ4v) is 2.04. The van der Waals surface area contributed by atoms with E-state index < -0.39 is 0 Å². The van der Waals surface area contributed by atoms with Gasteiger partial charge >= 0.3 is 0 Å². The summed E-state index contributed by atoms with van der Waals surface area (Å²) in [4.78, 5) is 11.8. The van der Waals surface area contributed by atoms with Gasteiger partial charge in [0, 0.05) is 16.6 Å². The van der Waals surface area contributed by atoms with Crippen LogP contribution in [0.5, 0.6) is 0 Å². The van der Waals surface area contributed by atoms with Gasteiger partial charge in [-0.3, -0.25) is 4.79 Å². The molecular formula is C15H13Cl2NO. The van der Waals surface area contributed by atoms with E-state index in [1.807, 2.05) is 24.3 Å². The summed E-state index contributed by atoms with van der Waals surface area (Å²) in [6, 6.07) is 14.7. The van der Waals surface area contributed by atoms with Crippen LogP contribution in [0, 0.1) is 0 Å². The Morgan fingerprint density at radius 1 is 0.947 bits per heavy atom. The van der Waals surface area contributed by atoms with Crippen LogP contribution in [0.3, 0.4) is 0 Å². The zero-order chi connectivity index (χ0) is 13.7. The van der Waals surface area contributed by atoms with Crippen molar-refractivity contribution >= 4 is 29.1 Å². The number of carbonyl (C=O) groups is 1. The average molecular weight is 294 g/mol. The summed E-state index contributed by atoms with van der Waals surface area (Å²) in [7, 11) is 0. The average Bonchev–Trinajstić information content (AvgIpc) is 2.38. The van der Waals surface area contributed by atoms with Gasteiger partial charge in [0.1, 0.15) is 0 Å². The van der Waals surface area contributed by atoms with Gasteiger partial charge in [-0.25, -0.2) is 0 Å². The predicted octanol–water partition coefficient (Wildman–Crippen LogP) is 3.85. The highest BCUT2D eigenvalue weighted by Crippen LogP contribution is 2.11. The molecule has 0 atom stereocenters. The number of hydrogen-bond donors (Lipinski definition) is 1. The lowest BCUT2D eigenvalue weighted by molar-refractivity contribution is -0.120. The first kappa shape index (κ1) is 13.9. The number of nitrogens with one attached hydrogen (secondary N) is 1. The Kier molecular flexibility index (Phi) is 4.83. The van der Waals surface area contributed by atoms with Crippen molar-refractivity contribution in [2.45, 2.75) is 13.0 Å². The molecule has 0 heterocycles. The summed E-state index contributed by atoms with van der Waals surface area (Å²) in [5.41, 5.74) is 1.92. The fraction of sp³-hybridized carbons (Fsp3) is 0.133. The number of hydrogen-bond acceptors (Lipinski definition) is 1. The Morgan fingerprint density at radius 2 is 1.68 bits per heavy atom. The molecule has 2 rings (SSSR count). The molecular weight excluding hydrogens is 281 g/mol. The van der Waals surface area contributed by atoms with E-state index in [0.29, 0.717) is 23.0 Å². The maximum absolute atomic E-state index is 11.8. The van der Waals surface area contributed by atoms with Crippen LogP contribution in [0.4, 0.5) is 0 Å². The van der Waals surface area contributed by atoms with E-state index in [2.05, 4.69) is 5.32 Å². The first-order valence-electron chi connectivity index (χ1n) is 5.89. The third kappa shape index (κ3) is 4.58. The highest BCUT2D eigenvalue weighted by Gasteiger charge is 2.03. The Balaban J connectivity index is 1.86. The molecule has 0 spiro atoms. The lowest BCUT2D eigenvalue weighted by Gasteiger charge is -2.06. The molecule has 0 fully saturated rings. The van der Waals surface area contributed by atoms with Crippen LogP contribution in [0.25, 0.3) is 0 Å². The smallest absolute Gasteiger partial charge is 0.224 e. The first-order chi connectivity index (χ1) is 9.13. The molecule has 1 N–H and O–H groups in total. The SMILES string of the molecule is O=C(Cc1cccc(Cl)c1)NCc1ccc(Cl)cc1. The highest BCUT2D eigenvalue weighted by atomic mass is 35.5. The standard InChI is InChI=1S/C15H13Cl2NO/c16-13-6-4-11(5-7-13)10-18-15(19)9-12-2-1-3-14(17)8-12/h1-8H,9-10H2,(H,18,19). The molecule has 0 saturated heterocycles. The number of benzene rings is 2. The van der Waals surface area contributed by atoms with Gasteiger partial charge in [0.2, 0.25) is 5.91 Å². The van der Waals surface area contributed by atoms with E-state index in [1.54, 1.807) is 24.3 Å². The number of halogens is 2. The van der Waals surface area contributed by atoms with Crippen LogP contribution in [0.1, 0.15) is 11.1 Å². The van der Waals surface area contributed by atoms with Gasteiger partial charge in [-0.1, -0.05) is 47.5 Å². The third-order valence-electron chi connectivity index (χ3n) is 2.66. The van der Waals surface area contributed by atoms with E-state index >= 15 is 0 Å². The quantitative estimate of drug-likeness (QED) is 0.911. The highest BCUT2D eigenvalue weighted by molar-refractivity contribution is 6.30. The van der Waals surface area contributed by atoms with Crippen LogP contribution in [0.15, 0.2) is 48.5 Å². The summed E-state index contributed by atoms with van der Waals surface area (Å²) in [6.07, 6.45) is 0.328. The van der Waals surface area contributed by atoms with Crippen molar-refractivity contribution < 1.29 is 4.79 Å². The van der Waals surface area contributed by atoms with Crippen LogP contribution in [-0.4, -0.2) is 5.91 Å². The van der Waals surface area contributed by atoms with Crippen molar-refractivity contribution in [3.8, 4) is 0 Å². The molecule has 0 bridgehead atoms. The molecule has 0 aliphatic heterocycles. The van der Waals surface area contributed by atoms with Gasteiger partial charge in [-0.05, 0) is 35.4 Å². The molecule has 2 aromatic carbocycles. The zero-order valence-corrected chi connectivity index (χ0v) is 11.7. The van der Waals surface area contributed by atoms with Crippen molar-refractivity contribution in [3.05, 3.63) is 69.7 Å². The molecule has 19 heavy (non-hydrogen) atoms. The normalized spacial score (nSPS) is 10.2. The number of carbonyl (C=O) groups excluding carboxylic acids is 1. The third-order valence-corrected chi connectivity index (χ3v) is 3.14. The summed E-state index contributed by atoms with van der Waals surface area (Å²) in [6.45, 7) is 0.497. The van der Waals surface area contributed by atoms with Crippen molar-refractivity contribution in [1.29, 1.82) is 0 Å². The molecule has 0 radical (unpaired) electrons. The monoisotopic (exact) mass is 293 g/mol. The summed E-state index contributed by atoms with van der Waals surface area (Å²) in [5.74, 6) is -0.0304. The van der Waals surface area contributed by atoms with Crippen molar-refractivity contribution in [2.75, 3.05) is 0 Å². The Bertz CT molecular complexity index is 567. The molecule has 2 aromatic rings. The largest absolute Gasteiger partial charge is 0.352 e. The van der Waals surface area contributed by atoms with Gasteiger partial charge in [0.15, 0.2) is 0 Å². The minimum absolute atomic E-state index is 0.0304. The van der Waals surface area contributed by atoms with Crippen molar-refractivity contribution in [3.63, 3.8) is 0 Å². The molecule has 98 valence electrons. The van der Waals surface area contributed by atoms with Crippen molar-refractivity contribution in [1.82, 2.24) is 5.32 Å². The summed E-state index contributed by atoms with van der Waals surface area (Å²) in [5, 5.41) is 4.19. The van der Waals surface area contributed by atoms with E-state index in [0.717, 1.165) is 11.1 Å². The van der Waals surface area contributed by atoms with E-state index in [9.17, 15) is 4.79 Å². The maximum Gasteiger partial charge on any atom is 0.224 e. The summed E-state index contributed by atoms with van der Waals surface area (Å²) >= 11 is 11.7. The van der Waals surface area contributed by atoms with Crippen LogP contribution >= 0.6 is 23.2 Å². The minimum atomic E-state index is -0.0304. The lowest BCUT2D eigenvalue weighted by Crippen LogP contribution is -2.24. The van der Waals surface area contributed by atoms with Crippen LogP contribution in [-0.2, 0) is 17.8 Å². The second kappa shape index (κ2) is 6.60. The van der Waals surface area contributed by atoms with Crippen LogP contribution in [0.2, 0.25) is 10.0 Å². The molecule has 0 saturated carbocycles. The van der Waals surface area contributed by atoms with E-state index in [-0.39, 0.29) is 5.91 Å². The second-order valence-electron chi connectivity index (χ2n) is 4.21. The van der Waals surface area contributed by atoms with Gasteiger partial charge < -0.3 is 5.32 Å².